The highest BCUT2D eigenvalue weighted by Crippen LogP contribution is 2.38. The maximum Gasteiger partial charge on any atom is 0.255 e. The Bertz CT molecular complexity index is 694. The van der Waals surface area contributed by atoms with Crippen molar-refractivity contribution in [3.63, 3.8) is 0 Å². The summed E-state index contributed by atoms with van der Waals surface area (Å²) < 4.78 is 0. The van der Waals surface area contributed by atoms with Crippen molar-refractivity contribution in [3.8, 4) is 5.75 Å². The van der Waals surface area contributed by atoms with Gasteiger partial charge in [-0.15, -0.1) is 0 Å². The fourth-order valence-corrected chi connectivity index (χ4v) is 4.46. The van der Waals surface area contributed by atoms with Crippen LogP contribution in [0.5, 0.6) is 5.75 Å². The fourth-order valence-electron chi connectivity index (χ4n) is 3.97. The third-order valence-corrected chi connectivity index (χ3v) is 5.72. The van der Waals surface area contributed by atoms with E-state index in [1.165, 1.54) is 12.1 Å². The van der Waals surface area contributed by atoms with Gasteiger partial charge in [-0.25, -0.2) is 0 Å². The van der Waals surface area contributed by atoms with Gasteiger partial charge in [0.15, 0.2) is 0 Å². The summed E-state index contributed by atoms with van der Waals surface area (Å²) in [5, 5.41) is 13.4. The largest absolute Gasteiger partial charge is 0.506 e. The minimum Gasteiger partial charge on any atom is -0.506 e. The van der Waals surface area contributed by atoms with Crippen molar-refractivity contribution in [1.82, 2.24) is 10.2 Å². The van der Waals surface area contributed by atoms with Crippen LogP contribution in [0, 0.1) is 17.8 Å². The summed E-state index contributed by atoms with van der Waals surface area (Å²) in [6.45, 7) is 5.15. The van der Waals surface area contributed by atoms with Crippen LogP contribution in [-0.4, -0.2) is 41.0 Å². The molecule has 7 heteroatoms. The van der Waals surface area contributed by atoms with Crippen molar-refractivity contribution >= 4 is 35.0 Å². The Morgan fingerprint density at radius 1 is 1.20 bits per heavy atom. The van der Waals surface area contributed by atoms with Gasteiger partial charge < -0.3 is 15.3 Å². The Balaban J connectivity index is 1.73. The smallest absolute Gasteiger partial charge is 0.255 e. The summed E-state index contributed by atoms with van der Waals surface area (Å²) in [5.74, 6) is -0.0165. The molecule has 1 saturated carbocycles. The van der Waals surface area contributed by atoms with Crippen molar-refractivity contribution in [3.05, 3.63) is 27.7 Å². The number of amides is 2. The summed E-state index contributed by atoms with van der Waals surface area (Å²) in [6.07, 6.45) is 1.97. The van der Waals surface area contributed by atoms with E-state index >= 15 is 0 Å². The standard InChI is InChI=1S/C18H22Cl2N2O3/c1-9(2)18(25)22-7-10-3-4-11(8-22)15(10)21-17(24)13-5-12(19)6-14(20)16(13)23/h5-6,9-11,15,23H,3-4,7-8H2,1-2H3,(H,21,24). The van der Waals surface area contributed by atoms with Crippen LogP contribution < -0.4 is 5.32 Å². The van der Waals surface area contributed by atoms with E-state index in [-0.39, 0.29) is 51.9 Å². The van der Waals surface area contributed by atoms with Gasteiger partial charge in [0.05, 0.1) is 10.6 Å². The lowest BCUT2D eigenvalue weighted by atomic mass is 9.91. The van der Waals surface area contributed by atoms with Gasteiger partial charge >= 0.3 is 0 Å². The van der Waals surface area contributed by atoms with Crippen LogP contribution in [0.15, 0.2) is 12.1 Å². The number of hydrogen-bond donors (Lipinski definition) is 2. The lowest BCUT2D eigenvalue weighted by Crippen LogP contribution is -2.54. The number of aromatic hydroxyl groups is 1. The average Bonchev–Trinajstić information content (AvgIpc) is 2.79. The molecule has 2 aliphatic rings. The topological polar surface area (TPSA) is 69.6 Å². The van der Waals surface area contributed by atoms with Crippen LogP contribution in [0.25, 0.3) is 0 Å². The van der Waals surface area contributed by atoms with Crippen LogP contribution in [0.4, 0.5) is 0 Å². The zero-order valence-electron chi connectivity index (χ0n) is 14.3. The first-order chi connectivity index (χ1) is 11.8. The van der Waals surface area contributed by atoms with Crippen LogP contribution in [0.3, 0.4) is 0 Å². The molecule has 1 aromatic carbocycles. The number of nitrogens with zero attached hydrogens (tertiary/aromatic N) is 1. The molecular formula is C18H22Cl2N2O3. The molecule has 2 amide bonds. The Labute approximate surface area is 157 Å². The maximum atomic E-state index is 12.6. The number of carbonyl (C=O) groups is 2. The monoisotopic (exact) mass is 384 g/mol. The molecule has 0 aromatic heterocycles. The highest BCUT2D eigenvalue weighted by Gasteiger charge is 2.44. The number of phenols is 1. The predicted octanol–water partition coefficient (Wildman–Crippen LogP) is 3.32. The SMILES string of the molecule is CC(C)C(=O)N1CC2CCC(C1)C2NC(=O)c1cc(Cl)cc(Cl)c1O. The number of likely N-dealkylation sites (tertiary alicyclic amines) is 1. The van der Waals surface area contributed by atoms with Crippen molar-refractivity contribution in [2.24, 2.45) is 17.8 Å². The Morgan fingerprint density at radius 3 is 2.36 bits per heavy atom. The van der Waals surface area contributed by atoms with Gasteiger partial charge in [-0.3, -0.25) is 9.59 Å². The minimum absolute atomic E-state index is 0.000805. The van der Waals surface area contributed by atoms with Crippen molar-refractivity contribution in [2.75, 3.05) is 13.1 Å². The first kappa shape index (κ1) is 18.3. The van der Waals surface area contributed by atoms with E-state index in [4.69, 9.17) is 23.2 Å². The third-order valence-electron chi connectivity index (χ3n) is 5.21. The van der Waals surface area contributed by atoms with E-state index in [9.17, 15) is 14.7 Å². The van der Waals surface area contributed by atoms with E-state index in [1.807, 2.05) is 18.7 Å². The molecule has 25 heavy (non-hydrogen) atoms. The molecular weight excluding hydrogens is 363 g/mol. The quantitative estimate of drug-likeness (QED) is 0.839. The highest BCUT2D eigenvalue weighted by atomic mass is 35.5. The molecule has 1 aliphatic heterocycles. The number of nitrogens with one attached hydrogen (secondary N) is 1. The molecule has 136 valence electrons. The fraction of sp³-hybridized carbons (Fsp3) is 0.556. The van der Waals surface area contributed by atoms with E-state index in [2.05, 4.69) is 5.32 Å². The van der Waals surface area contributed by atoms with Gasteiger partial charge in [-0.05, 0) is 36.8 Å². The van der Waals surface area contributed by atoms with Crippen molar-refractivity contribution in [2.45, 2.75) is 32.7 Å². The predicted molar refractivity (Wildman–Crippen MR) is 97.0 cm³/mol. The number of halogens is 2. The van der Waals surface area contributed by atoms with Crippen molar-refractivity contribution < 1.29 is 14.7 Å². The van der Waals surface area contributed by atoms with Crippen LogP contribution in [0.2, 0.25) is 10.0 Å². The summed E-state index contributed by atoms with van der Waals surface area (Å²) >= 11 is 11.8. The molecule has 2 unspecified atom stereocenters. The van der Waals surface area contributed by atoms with Gasteiger partial charge in [-0.2, -0.15) is 0 Å². The third kappa shape index (κ3) is 3.58. The van der Waals surface area contributed by atoms with Crippen LogP contribution >= 0.6 is 23.2 Å². The zero-order valence-corrected chi connectivity index (χ0v) is 15.8. The van der Waals surface area contributed by atoms with Gasteiger partial charge in [0.2, 0.25) is 5.91 Å². The second-order valence-corrected chi connectivity index (χ2v) is 8.12. The second kappa shape index (κ2) is 7.04. The number of hydrogen-bond acceptors (Lipinski definition) is 3. The molecule has 3 rings (SSSR count). The lowest BCUT2D eigenvalue weighted by Gasteiger charge is -2.39. The Morgan fingerprint density at radius 2 is 1.80 bits per heavy atom. The molecule has 2 fully saturated rings. The lowest BCUT2D eigenvalue weighted by molar-refractivity contribution is -0.137. The molecule has 5 nitrogen and oxygen atoms in total. The van der Waals surface area contributed by atoms with Gasteiger partial charge in [0, 0.05) is 30.1 Å². The second-order valence-electron chi connectivity index (χ2n) is 7.28. The maximum absolute atomic E-state index is 12.6. The molecule has 1 aliphatic carbocycles. The number of benzene rings is 1. The molecule has 2 bridgehead atoms. The van der Waals surface area contributed by atoms with E-state index in [0.29, 0.717) is 18.1 Å². The molecule has 0 spiro atoms. The van der Waals surface area contributed by atoms with Crippen LogP contribution in [-0.2, 0) is 4.79 Å². The minimum atomic E-state index is -0.382. The number of piperidine rings is 1. The summed E-state index contributed by atoms with van der Waals surface area (Å²) in [5.41, 5.74) is 0.0811. The molecule has 0 radical (unpaired) electrons. The Hall–Kier alpha value is -1.46. The first-order valence-electron chi connectivity index (χ1n) is 8.55. The van der Waals surface area contributed by atoms with E-state index in [1.54, 1.807) is 0 Å². The molecule has 1 saturated heterocycles. The number of carbonyl (C=O) groups excluding carboxylic acids is 2. The summed E-state index contributed by atoms with van der Waals surface area (Å²) in [7, 11) is 0. The molecule has 2 atom stereocenters. The van der Waals surface area contributed by atoms with Gasteiger partial charge in [0.25, 0.3) is 5.91 Å². The summed E-state index contributed by atoms with van der Waals surface area (Å²) in [6, 6.07) is 2.81. The first-order valence-corrected chi connectivity index (χ1v) is 9.31. The van der Waals surface area contributed by atoms with E-state index in [0.717, 1.165) is 12.8 Å². The average molecular weight is 385 g/mol. The molecule has 2 N–H and O–H groups in total. The molecule has 1 aromatic rings. The van der Waals surface area contributed by atoms with Crippen LogP contribution in [0.1, 0.15) is 37.0 Å². The van der Waals surface area contributed by atoms with Gasteiger partial charge in [-0.1, -0.05) is 37.0 Å². The normalized spacial score (nSPS) is 25.3. The number of fused-ring (bicyclic) bond motifs is 2. The highest BCUT2D eigenvalue weighted by molar-refractivity contribution is 6.36. The number of rotatable bonds is 3. The zero-order chi connectivity index (χ0) is 18.3. The van der Waals surface area contributed by atoms with Gasteiger partial charge in [0.1, 0.15) is 5.75 Å². The summed E-state index contributed by atoms with van der Waals surface area (Å²) in [4.78, 5) is 26.8. The van der Waals surface area contributed by atoms with E-state index < -0.39 is 0 Å². The Kier molecular flexibility index (Phi) is 5.16. The number of phenolic OH excluding ortho intramolecular Hbond substituents is 1. The van der Waals surface area contributed by atoms with Crippen molar-refractivity contribution in [1.29, 1.82) is 0 Å². The molecule has 1 heterocycles.